The van der Waals surface area contributed by atoms with Crippen molar-refractivity contribution >= 4 is 23.2 Å². The van der Waals surface area contributed by atoms with E-state index < -0.39 is 0 Å². The number of carbonyl (C=O) groups excluding carboxylic acids is 2. The summed E-state index contributed by atoms with van der Waals surface area (Å²) in [6.45, 7) is 4.39. The van der Waals surface area contributed by atoms with Gasteiger partial charge in [-0.25, -0.2) is 0 Å². The van der Waals surface area contributed by atoms with Crippen molar-refractivity contribution in [3.8, 4) is 0 Å². The van der Waals surface area contributed by atoms with Crippen molar-refractivity contribution in [3.05, 3.63) is 47.9 Å². The molecule has 0 aliphatic heterocycles. The first-order chi connectivity index (χ1) is 12.9. The average Bonchev–Trinajstić information content (AvgIpc) is 3.33. The zero-order valence-corrected chi connectivity index (χ0v) is 16.4. The lowest BCUT2D eigenvalue weighted by Gasteiger charge is -2.28. The molecule has 1 aromatic heterocycles. The molecule has 0 radical (unpaired) electrons. The Balaban J connectivity index is 1.86. The number of furan rings is 1. The summed E-state index contributed by atoms with van der Waals surface area (Å²) in [6, 6.07) is 9.24. The van der Waals surface area contributed by atoms with Gasteiger partial charge in [-0.2, -0.15) is 0 Å². The number of nitrogens with zero attached hydrogens (tertiary/aromatic N) is 2. The second kappa shape index (κ2) is 7.86. The van der Waals surface area contributed by atoms with Crippen molar-refractivity contribution in [2.24, 2.45) is 5.92 Å². The van der Waals surface area contributed by atoms with E-state index in [0.717, 1.165) is 29.8 Å². The highest BCUT2D eigenvalue weighted by molar-refractivity contribution is 5.94. The Morgan fingerprint density at radius 3 is 2.52 bits per heavy atom. The molecule has 2 aromatic rings. The van der Waals surface area contributed by atoms with Crippen LogP contribution in [0, 0.1) is 5.92 Å². The molecular weight excluding hydrogens is 342 g/mol. The molecule has 3 rings (SSSR count). The Bertz CT molecular complexity index is 808. The van der Waals surface area contributed by atoms with E-state index in [0.29, 0.717) is 12.3 Å². The first-order valence-electron chi connectivity index (χ1n) is 9.32. The standard InChI is InChI=1S/C21H27N3O3/c1-14(2)24(21(26)19-6-5-11-27-19)13-16-12-17(9-10-18(16)23(3)4)22-20(25)15-7-8-15/h5-6,9-12,14-15H,7-8,13H2,1-4H3,(H,22,25). The summed E-state index contributed by atoms with van der Waals surface area (Å²) in [5.41, 5.74) is 2.75. The summed E-state index contributed by atoms with van der Waals surface area (Å²) in [6.07, 6.45) is 3.44. The van der Waals surface area contributed by atoms with Crippen molar-refractivity contribution < 1.29 is 14.0 Å². The molecule has 27 heavy (non-hydrogen) atoms. The third kappa shape index (κ3) is 4.51. The molecular formula is C21H27N3O3. The molecule has 1 heterocycles. The molecule has 0 spiro atoms. The molecule has 0 bridgehead atoms. The van der Waals surface area contributed by atoms with Crippen LogP contribution in [0.1, 0.15) is 42.8 Å². The fourth-order valence-corrected chi connectivity index (χ4v) is 3.03. The van der Waals surface area contributed by atoms with E-state index >= 15 is 0 Å². The molecule has 1 N–H and O–H groups in total. The van der Waals surface area contributed by atoms with Crippen LogP contribution in [0.2, 0.25) is 0 Å². The van der Waals surface area contributed by atoms with Crippen molar-refractivity contribution in [2.45, 2.75) is 39.3 Å². The van der Waals surface area contributed by atoms with E-state index in [1.807, 2.05) is 51.0 Å². The minimum absolute atomic E-state index is 0.00215. The highest BCUT2D eigenvalue weighted by Gasteiger charge is 2.30. The SMILES string of the molecule is CC(C)N(Cc1cc(NC(=O)C2CC2)ccc1N(C)C)C(=O)c1ccco1. The van der Waals surface area contributed by atoms with E-state index in [1.54, 1.807) is 17.0 Å². The number of hydrogen-bond donors (Lipinski definition) is 1. The molecule has 1 aliphatic rings. The Labute approximate surface area is 160 Å². The molecule has 6 heteroatoms. The number of carbonyl (C=O) groups is 2. The summed E-state index contributed by atoms with van der Waals surface area (Å²) >= 11 is 0. The van der Waals surface area contributed by atoms with Crippen LogP contribution in [0.25, 0.3) is 0 Å². The fourth-order valence-electron chi connectivity index (χ4n) is 3.03. The van der Waals surface area contributed by atoms with Gasteiger partial charge in [0.25, 0.3) is 5.91 Å². The highest BCUT2D eigenvalue weighted by Crippen LogP contribution is 2.31. The van der Waals surface area contributed by atoms with Crippen LogP contribution in [0.4, 0.5) is 11.4 Å². The van der Waals surface area contributed by atoms with Crippen molar-refractivity contribution in [1.82, 2.24) is 4.90 Å². The Morgan fingerprint density at radius 1 is 1.22 bits per heavy atom. The number of nitrogens with one attached hydrogen (secondary N) is 1. The lowest BCUT2D eigenvalue weighted by atomic mass is 10.1. The lowest BCUT2D eigenvalue weighted by Crippen LogP contribution is -2.36. The predicted molar refractivity (Wildman–Crippen MR) is 106 cm³/mol. The first kappa shape index (κ1) is 19.0. The number of benzene rings is 1. The van der Waals surface area contributed by atoms with E-state index in [2.05, 4.69) is 5.32 Å². The van der Waals surface area contributed by atoms with Crippen LogP contribution in [-0.2, 0) is 11.3 Å². The van der Waals surface area contributed by atoms with Crippen LogP contribution < -0.4 is 10.2 Å². The first-order valence-corrected chi connectivity index (χ1v) is 9.32. The number of anilines is 2. The summed E-state index contributed by atoms with van der Waals surface area (Å²) < 4.78 is 5.29. The molecule has 1 fully saturated rings. The van der Waals surface area contributed by atoms with Gasteiger partial charge in [-0.15, -0.1) is 0 Å². The average molecular weight is 369 g/mol. The zero-order chi connectivity index (χ0) is 19.6. The smallest absolute Gasteiger partial charge is 0.290 e. The van der Waals surface area contributed by atoms with Crippen molar-refractivity contribution in [3.63, 3.8) is 0 Å². The van der Waals surface area contributed by atoms with E-state index in [-0.39, 0.29) is 23.8 Å². The molecule has 2 amide bonds. The van der Waals surface area contributed by atoms with Crippen LogP contribution in [0.5, 0.6) is 0 Å². The molecule has 0 unspecified atom stereocenters. The summed E-state index contributed by atoms with van der Waals surface area (Å²) in [5, 5.41) is 2.99. The number of rotatable bonds is 7. The summed E-state index contributed by atoms with van der Waals surface area (Å²) in [5.74, 6) is 0.404. The van der Waals surface area contributed by atoms with Gasteiger partial charge >= 0.3 is 0 Å². The predicted octanol–water partition coefficient (Wildman–Crippen LogP) is 3.74. The minimum atomic E-state index is -0.146. The topological polar surface area (TPSA) is 65.8 Å². The second-order valence-electron chi connectivity index (χ2n) is 7.51. The lowest BCUT2D eigenvalue weighted by molar-refractivity contribution is -0.117. The Hall–Kier alpha value is -2.76. The normalized spacial score (nSPS) is 13.5. The van der Waals surface area contributed by atoms with Crippen LogP contribution in [0.15, 0.2) is 41.0 Å². The van der Waals surface area contributed by atoms with Gasteiger partial charge in [-0.1, -0.05) is 0 Å². The maximum absolute atomic E-state index is 12.8. The van der Waals surface area contributed by atoms with Gasteiger partial charge in [0.05, 0.1) is 6.26 Å². The van der Waals surface area contributed by atoms with Crippen LogP contribution >= 0.6 is 0 Å². The van der Waals surface area contributed by atoms with Gasteiger partial charge in [0.1, 0.15) is 0 Å². The maximum atomic E-state index is 12.8. The van der Waals surface area contributed by atoms with E-state index in [1.165, 1.54) is 6.26 Å². The third-order valence-electron chi connectivity index (χ3n) is 4.73. The van der Waals surface area contributed by atoms with Gasteiger partial charge in [0.15, 0.2) is 5.76 Å². The molecule has 0 atom stereocenters. The zero-order valence-electron chi connectivity index (χ0n) is 16.4. The Morgan fingerprint density at radius 2 is 1.96 bits per heavy atom. The number of amides is 2. The van der Waals surface area contributed by atoms with Gasteiger partial charge in [-0.3, -0.25) is 9.59 Å². The van der Waals surface area contributed by atoms with Crippen LogP contribution in [0.3, 0.4) is 0 Å². The Kier molecular flexibility index (Phi) is 5.54. The third-order valence-corrected chi connectivity index (χ3v) is 4.73. The molecule has 1 aliphatic carbocycles. The molecule has 1 saturated carbocycles. The highest BCUT2D eigenvalue weighted by atomic mass is 16.3. The molecule has 0 saturated heterocycles. The van der Waals surface area contributed by atoms with Crippen molar-refractivity contribution in [1.29, 1.82) is 0 Å². The minimum Gasteiger partial charge on any atom is -0.459 e. The summed E-state index contributed by atoms with van der Waals surface area (Å²) in [4.78, 5) is 28.7. The molecule has 6 nitrogen and oxygen atoms in total. The van der Waals surface area contributed by atoms with E-state index in [9.17, 15) is 9.59 Å². The summed E-state index contributed by atoms with van der Waals surface area (Å²) in [7, 11) is 3.94. The monoisotopic (exact) mass is 369 g/mol. The second-order valence-corrected chi connectivity index (χ2v) is 7.51. The largest absolute Gasteiger partial charge is 0.459 e. The van der Waals surface area contributed by atoms with Gasteiger partial charge in [-0.05, 0) is 62.6 Å². The molecule has 144 valence electrons. The van der Waals surface area contributed by atoms with Crippen LogP contribution in [-0.4, -0.2) is 36.9 Å². The number of hydrogen-bond acceptors (Lipinski definition) is 4. The molecule has 1 aromatic carbocycles. The van der Waals surface area contributed by atoms with Gasteiger partial charge in [0, 0.05) is 44.0 Å². The quantitative estimate of drug-likeness (QED) is 0.807. The van der Waals surface area contributed by atoms with Gasteiger partial charge < -0.3 is 19.5 Å². The maximum Gasteiger partial charge on any atom is 0.290 e. The fraction of sp³-hybridized carbons (Fsp3) is 0.429. The van der Waals surface area contributed by atoms with Gasteiger partial charge in [0.2, 0.25) is 5.91 Å². The van der Waals surface area contributed by atoms with E-state index in [4.69, 9.17) is 4.42 Å². The van der Waals surface area contributed by atoms with Crippen molar-refractivity contribution in [2.75, 3.05) is 24.3 Å².